The summed E-state index contributed by atoms with van der Waals surface area (Å²) in [7, 11) is 0. The third-order valence-electron chi connectivity index (χ3n) is 5.61. The fraction of sp³-hybridized carbons (Fsp3) is 0.375. The minimum atomic E-state index is -0.848. The van der Waals surface area contributed by atoms with E-state index in [1.54, 1.807) is 0 Å². The van der Waals surface area contributed by atoms with Crippen LogP contribution in [0.4, 0.5) is 0 Å². The lowest BCUT2D eigenvalue weighted by Crippen LogP contribution is -2.44. The number of carbonyl (C=O) groups excluding carboxylic acids is 1. The van der Waals surface area contributed by atoms with E-state index in [0.29, 0.717) is 12.3 Å². The molecule has 1 aliphatic heterocycles. The number of esters is 1. The van der Waals surface area contributed by atoms with E-state index in [2.05, 4.69) is 13.8 Å². The molecule has 2 unspecified atom stereocenters. The van der Waals surface area contributed by atoms with E-state index >= 15 is 0 Å². The van der Waals surface area contributed by atoms with E-state index in [-0.39, 0.29) is 17.3 Å². The molecule has 1 aliphatic rings. The summed E-state index contributed by atoms with van der Waals surface area (Å²) in [5.41, 5.74) is 2.05. The van der Waals surface area contributed by atoms with Crippen LogP contribution in [-0.4, -0.2) is 11.1 Å². The maximum absolute atomic E-state index is 13.1. The SMILES string of the molecule is Cc1ccccc1C1=C(O)C(C)C(CCC(C)C)(c2ccccc2)OC1=O. The molecule has 2 atom stereocenters. The fourth-order valence-electron chi connectivity index (χ4n) is 3.89. The van der Waals surface area contributed by atoms with Crippen LogP contribution in [0.2, 0.25) is 0 Å². The zero-order valence-corrected chi connectivity index (χ0v) is 16.5. The Balaban J connectivity index is 2.13. The summed E-state index contributed by atoms with van der Waals surface area (Å²) in [5, 5.41) is 11.1. The first-order valence-electron chi connectivity index (χ1n) is 9.65. The molecule has 0 spiro atoms. The molecule has 1 N–H and O–H groups in total. The van der Waals surface area contributed by atoms with Crippen molar-refractivity contribution in [3.63, 3.8) is 0 Å². The Morgan fingerprint density at radius 1 is 1.07 bits per heavy atom. The van der Waals surface area contributed by atoms with Gasteiger partial charge in [-0.2, -0.15) is 0 Å². The predicted molar refractivity (Wildman–Crippen MR) is 108 cm³/mol. The van der Waals surface area contributed by atoms with Crippen LogP contribution in [0.1, 0.15) is 50.3 Å². The van der Waals surface area contributed by atoms with Gasteiger partial charge in [0.15, 0.2) is 0 Å². The molecule has 3 nitrogen and oxygen atoms in total. The third-order valence-corrected chi connectivity index (χ3v) is 5.61. The van der Waals surface area contributed by atoms with Gasteiger partial charge < -0.3 is 9.84 Å². The molecule has 3 heteroatoms. The molecule has 27 heavy (non-hydrogen) atoms. The molecule has 0 fully saturated rings. The first-order chi connectivity index (χ1) is 12.9. The monoisotopic (exact) mass is 364 g/mol. The number of cyclic esters (lactones) is 1. The zero-order valence-electron chi connectivity index (χ0n) is 16.5. The van der Waals surface area contributed by atoms with Crippen molar-refractivity contribution in [2.24, 2.45) is 11.8 Å². The van der Waals surface area contributed by atoms with Crippen molar-refractivity contribution >= 4 is 11.5 Å². The van der Waals surface area contributed by atoms with Gasteiger partial charge in [-0.05, 0) is 42.4 Å². The van der Waals surface area contributed by atoms with E-state index in [4.69, 9.17) is 4.74 Å². The van der Waals surface area contributed by atoms with Crippen molar-refractivity contribution in [3.8, 4) is 0 Å². The van der Waals surface area contributed by atoms with Crippen LogP contribution in [0.5, 0.6) is 0 Å². The lowest BCUT2D eigenvalue weighted by atomic mass is 9.73. The van der Waals surface area contributed by atoms with Gasteiger partial charge in [0.05, 0.1) is 5.92 Å². The molecule has 2 aromatic carbocycles. The van der Waals surface area contributed by atoms with Crippen molar-refractivity contribution in [3.05, 3.63) is 77.0 Å². The largest absolute Gasteiger partial charge is 0.511 e. The van der Waals surface area contributed by atoms with Gasteiger partial charge in [-0.1, -0.05) is 75.4 Å². The molecule has 1 heterocycles. The molecule has 0 radical (unpaired) electrons. The molecule has 0 aromatic heterocycles. The van der Waals surface area contributed by atoms with Crippen LogP contribution >= 0.6 is 0 Å². The fourth-order valence-corrected chi connectivity index (χ4v) is 3.89. The van der Waals surface area contributed by atoms with Crippen LogP contribution in [-0.2, 0) is 15.1 Å². The standard InChI is InChI=1S/C24H28O3/c1-16(2)14-15-24(19-11-6-5-7-12-19)18(4)22(25)21(23(26)27-24)20-13-9-8-10-17(20)3/h5-13,16,18,25H,14-15H2,1-4H3. The summed E-state index contributed by atoms with van der Waals surface area (Å²) >= 11 is 0. The number of hydrogen-bond acceptors (Lipinski definition) is 3. The quantitative estimate of drug-likeness (QED) is 0.683. The summed E-state index contributed by atoms with van der Waals surface area (Å²) in [4.78, 5) is 13.1. The number of benzene rings is 2. The summed E-state index contributed by atoms with van der Waals surface area (Å²) < 4.78 is 6.16. The van der Waals surface area contributed by atoms with Gasteiger partial charge in [-0.15, -0.1) is 0 Å². The van der Waals surface area contributed by atoms with E-state index in [0.717, 1.165) is 23.1 Å². The highest BCUT2D eigenvalue weighted by atomic mass is 16.6. The molecular formula is C24H28O3. The lowest BCUT2D eigenvalue weighted by molar-refractivity contribution is -0.165. The van der Waals surface area contributed by atoms with Crippen molar-refractivity contribution in [2.45, 2.75) is 46.1 Å². The Morgan fingerprint density at radius 3 is 2.33 bits per heavy atom. The summed E-state index contributed by atoms with van der Waals surface area (Å²) in [6.07, 6.45) is 1.58. The van der Waals surface area contributed by atoms with E-state index in [9.17, 15) is 9.90 Å². The van der Waals surface area contributed by atoms with Crippen LogP contribution in [0, 0.1) is 18.8 Å². The second-order valence-corrected chi connectivity index (χ2v) is 7.87. The van der Waals surface area contributed by atoms with Crippen LogP contribution in [0.3, 0.4) is 0 Å². The van der Waals surface area contributed by atoms with E-state index < -0.39 is 11.6 Å². The van der Waals surface area contributed by atoms with Gasteiger partial charge in [0.1, 0.15) is 16.9 Å². The van der Waals surface area contributed by atoms with Gasteiger partial charge in [0.25, 0.3) is 0 Å². The average molecular weight is 364 g/mol. The molecule has 0 bridgehead atoms. The minimum Gasteiger partial charge on any atom is -0.511 e. The number of hydrogen-bond donors (Lipinski definition) is 1. The Hall–Kier alpha value is -2.55. The van der Waals surface area contributed by atoms with Crippen molar-refractivity contribution < 1.29 is 14.6 Å². The third kappa shape index (κ3) is 3.51. The number of aliphatic hydroxyl groups excluding tert-OH is 1. The molecule has 0 saturated heterocycles. The van der Waals surface area contributed by atoms with Gasteiger partial charge >= 0.3 is 5.97 Å². The first kappa shape index (κ1) is 19.2. The highest BCUT2D eigenvalue weighted by Gasteiger charge is 2.49. The van der Waals surface area contributed by atoms with E-state index in [1.807, 2.05) is 68.4 Å². The molecule has 142 valence electrons. The van der Waals surface area contributed by atoms with Gasteiger partial charge in [0.2, 0.25) is 0 Å². The Bertz CT molecular complexity index is 851. The Labute approximate surface area is 161 Å². The zero-order chi connectivity index (χ0) is 19.6. The maximum Gasteiger partial charge on any atom is 0.343 e. The van der Waals surface area contributed by atoms with Crippen molar-refractivity contribution in [1.82, 2.24) is 0 Å². The van der Waals surface area contributed by atoms with Crippen LogP contribution in [0.15, 0.2) is 60.4 Å². The molecule has 0 aliphatic carbocycles. The topological polar surface area (TPSA) is 46.5 Å². The second kappa shape index (κ2) is 7.59. The molecular weight excluding hydrogens is 336 g/mol. The summed E-state index contributed by atoms with van der Waals surface area (Å²) in [5.74, 6) is -0.188. The Morgan fingerprint density at radius 2 is 1.70 bits per heavy atom. The molecule has 3 rings (SSSR count). The van der Waals surface area contributed by atoms with Gasteiger partial charge in [-0.3, -0.25) is 0 Å². The number of ether oxygens (including phenoxy) is 1. The predicted octanol–water partition coefficient (Wildman–Crippen LogP) is 5.79. The van der Waals surface area contributed by atoms with E-state index in [1.165, 1.54) is 0 Å². The number of aryl methyl sites for hydroxylation is 1. The smallest absolute Gasteiger partial charge is 0.343 e. The number of aliphatic hydroxyl groups is 1. The lowest BCUT2D eigenvalue weighted by Gasteiger charge is -2.43. The van der Waals surface area contributed by atoms with Crippen molar-refractivity contribution in [1.29, 1.82) is 0 Å². The normalized spacial score (nSPS) is 22.9. The molecule has 0 saturated carbocycles. The number of rotatable bonds is 5. The maximum atomic E-state index is 13.1. The van der Waals surface area contributed by atoms with Crippen molar-refractivity contribution in [2.75, 3.05) is 0 Å². The average Bonchev–Trinajstić information content (AvgIpc) is 2.66. The Kier molecular flexibility index (Phi) is 5.41. The first-order valence-corrected chi connectivity index (χ1v) is 9.65. The minimum absolute atomic E-state index is 0.119. The summed E-state index contributed by atoms with van der Waals surface area (Å²) in [6, 6.07) is 17.4. The van der Waals surface area contributed by atoms with Crippen LogP contribution in [0.25, 0.3) is 5.57 Å². The van der Waals surface area contributed by atoms with Gasteiger partial charge in [0, 0.05) is 0 Å². The second-order valence-electron chi connectivity index (χ2n) is 7.87. The highest BCUT2D eigenvalue weighted by Crippen LogP contribution is 2.48. The highest BCUT2D eigenvalue weighted by molar-refractivity contribution is 6.18. The number of carbonyl (C=O) groups is 1. The van der Waals surface area contributed by atoms with Crippen LogP contribution < -0.4 is 0 Å². The van der Waals surface area contributed by atoms with Gasteiger partial charge in [-0.25, -0.2) is 4.79 Å². The summed E-state index contributed by atoms with van der Waals surface area (Å²) in [6.45, 7) is 8.20. The molecule has 2 aromatic rings. The molecule has 0 amide bonds.